The quantitative estimate of drug-likeness (QED) is 0.812. The summed E-state index contributed by atoms with van der Waals surface area (Å²) in [7, 11) is 2.16. The smallest absolute Gasteiger partial charge is 0.220 e. The molecule has 0 aromatic heterocycles. The molecule has 4 heteroatoms. The first-order chi connectivity index (χ1) is 11.1. The van der Waals surface area contributed by atoms with E-state index >= 15 is 0 Å². The summed E-state index contributed by atoms with van der Waals surface area (Å²) >= 11 is 0. The molecule has 2 N–H and O–H groups in total. The van der Waals surface area contributed by atoms with Crippen LogP contribution in [-0.2, 0) is 4.79 Å². The Morgan fingerprint density at radius 1 is 1.30 bits per heavy atom. The number of aliphatic hydroxyl groups excluding tert-OH is 1. The van der Waals surface area contributed by atoms with Crippen molar-refractivity contribution in [3.05, 3.63) is 35.4 Å². The Morgan fingerprint density at radius 3 is 2.57 bits per heavy atom. The number of aliphatic hydroxyl groups is 1. The van der Waals surface area contributed by atoms with Gasteiger partial charge in [-0.3, -0.25) is 4.79 Å². The molecule has 1 fully saturated rings. The fraction of sp³-hybridized carbons (Fsp3) is 0.632. The third kappa shape index (κ3) is 5.96. The molecular weight excluding hydrogens is 288 g/mol. The molecule has 1 aromatic rings. The van der Waals surface area contributed by atoms with E-state index in [4.69, 9.17) is 0 Å². The summed E-state index contributed by atoms with van der Waals surface area (Å²) in [4.78, 5) is 14.6. The molecule has 1 heterocycles. The maximum atomic E-state index is 12.3. The van der Waals surface area contributed by atoms with Crippen molar-refractivity contribution in [2.24, 2.45) is 5.92 Å². The summed E-state index contributed by atoms with van der Waals surface area (Å²) in [6.07, 6.45) is 4.51. The fourth-order valence-corrected chi connectivity index (χ4v) is 3.20. The highest BCUT2D eigenvalue weighted by molar-refractivity contribution is 5.76. The minimum absolute atomic E-state index is 0.0772. The maximum Gasteiger partial charge on any atom is 0.220 e. The number of aryl methyl sites for hydroxylation is 1. The van der Waals surface area contributed by atoms with Crippen molar-refractivity contribution < 1.29 is 9.90 Å². The van der Waals surface area contributed by atoms with Crippen molar-refractivity contribution in [2.45, 2.75) is 45.1 Å². The number of nitrogens with one attached hydrogen (secondary N) is 1. The molecule has 1 atom stereocenters. The van der Waals surface area contributed by atoms with E-state index in [2.05, 4.69) is 17.3 Å². The molecule has 1 saturated heterocycles. The molecule has 0 radical (unpaired) electrons. The number of piperidine rings is 1. The largest absolute Gasteiger partial charge is 0.396 e. The number of benzene rings is 1. The third-order valence-corrected chi connectivity index (χ3v) is 4.85. The van der Waals surface area contributed by atoms with Gasteiger partial charge in [0.15, 0.2) is 0 Å². The van der Waals surface area contributed by atoms with E-state index in [0.29, 0.717) is 18.8 Å². The first kappa shape index (κ1) is 18.0. The van der Waals surface area contributed by atoms with Crippen molar-refractivity contribution >= 4 is 5.91 Å². The average molecular weight is 318 g/mol. The topological polar surface area (TPSA) is 52.6 Å². The number of hydrogen-bond acceptors (Lipinski definition) is 3. The van der Waals surface area contributed by atoms with Gasteiger partial charge in [-0.15, -0.1) is 0 Å². The molecule has 0 spiro atoms. The number of carbonyl (C=O) groups excluding carboxylic acids is 1. The van der Waals surface area contributed by atoms with Crippen molar-refractivity contribution in [1.29, 1.82) is 0 Å². The monoisotopic (exact) mass is 318 g/mol. The van der Waals surface area contributed by atoms with E-state index in [1.54, 1.807) is 0 Å². The number of likely N-dealkylation sites (tertiary alicyclic amines) is 1. The van der Waals surface area contributed by atoms with Crippen LogP contribution in [0.3, 0.4) is 0 Å². The zero-order valence-electron chi connectivity index (χ0n) is 14.4. The highest BCUT2D eigenvalue weighted by Crippen LogP contribution is 2.22. The minimum Gasteiger partial charge on any atom is -0.396 e. The lowest BCUT2D eigenvalue weighted by Crippen LogP contribution is -2.32. The van der Waals surface area contributed by atoms with Crippen LogP contribution in [0.4, 0.5) is 0 Å². The number of rotatable bonds is 7. The van der Waals surface area contributed by atoms with Crippen LogP contribution in [0.5, 0.6) is 0 Å². The van der Waals surface area contributed by atoms with Gasteiger partial charge >= 0.3 is 0 Å². The summed E-state index contributed by atoms with van der Waals surface area (Å²) in [5, 5.41) is 12.4. The molecule has 1 amide bonds. The van der Waals surface area contributed by atoms with Gasteiger partial charge in [-0.2, -0.15) is 0 Å². The summed E-state index contributed by atoms with van der Waals surface area (Å²) < 4.78 is 0. The first-order valence-electron chi connectivity index (χ1n) is 8.74. The molecule has 1 unspecified atom stereocenters. The Bertz CT molecular complexity index is 479. The summed E-state index contributed by atoms with van der Waals surface area (Å²) in [5.41, 5.74) is 2.27. The fourth-order valence-electron chi connectivity index (χ4n) is 3.20. The lowest BCUT2D eigenvalue weighted by molar-refractivity contribution is -0.122. The molecule has 0 bridgehead atoms. The van der Waals surface area contributed by atoms with Gasteiger partial charge in [0.05, 0.1) is 6.04 Å². The predicted octanol–water partition coefficient (Wildman–Crippen LogP) is 2.66. The molecule has 4 nitrogen and oxygen atoms in total. The number of amides is 1. The van der Waals surface area contributed by atoms with E-state index in [9.17, 15) is 9.90 Å². The van der Waals surface area contributed by atoms with Gasteiger partial charge in [0.1, 0.15) is 0 Å². The lowest BCUT2D eigenvalue weighted by atomic mass is 9.92. The average Bonchev–Trinajstić information content (AvgIpc) is 2.55. The van der Waals surface area contributed by atoms with Crippen LogP contribution in [-0.4, -0.2) is 42.7 Å². The Balaban J connectivity index is 1.82. The highest BCUT2D eigenvalue weighted by Gasteiger charge is 2.19. The molecule has 128 valence electrons. The second-order valence-electron chi connectivity index (χ2n) is 6.83. The highest BCUT2D eigenvalue weighted by atomic mass is 16.3. The zero-order valence-corrected chi connectivity index (χ0v) is 14.4. The third-order valence-electron chi connectivity index (χ3n) is 4.85. The Morgan fingerprint density at radius 2 is 1.96 bits per heavy atom. The number of hydrogen-bond donors (Lipinski definition) is 2. The lowest BCUT2D eigenvalue weighted by Gasteiger charge is -2.29. The SMILES string of the molecule is Cc1ccc(C(CCO)NC(=O)CCC2CCN(C)CC2)cc1. The zero-order chi connectivity index (χ0) is 16.7. The minimum atomic E-state index is -0.0920. The molecule has 2 rings (SSSR count). The van der Waals surface area contributed by atoms with Gasteiger partial charge in [-0.25, -0.2) is 0 Å². The van der Waals surface area contributed by atoms with Crippen LogP contribution in [0.2, 0.25) is 0 Å². The van der Waals surface area contributed by atoms with E-state index in [-0.39, 0.29) is 18.6 Å². The summed E-state index contributed by atoms with van der Waals surface area (Å²) in [5.74, 6) is 0.774. The van der Waals surface area contributed by atoms with Gasteiger partial charge in [-0.1, -0.05) is 29.8 Å². The normalized spacial score (nSPS) is 17.9. The summed E-state index contributed by atoms with van der Waals surface area (Å²) in [6, 6.07) is 8.07. The Labute approximate surface area is 139 Å². The summed E-state index contributed by atoms with van der Waals surface area (Å²) in [6.45, 7) is 4.41. The van der Waals surface area contributed by atoms with Crippen LogP contribution in [0.25, 0.3) is 0 Å². The Kier molecular flexibility index (Phi) is 7.06. The van der Waals surface area contributed by atoms with Crippen molar-refractivity contribution in [3.63, 3.8) is 0 Å². The second kappa shape index (κ2) is 9.04. The van der Waals surface area contributed by atoms with Gasteiger partial charge in [0.2, 0.25) is 5.91 Å². The van der Waals surface area contributed by atoms with E-state index in [0.717, 1.165) is 25.1 Å². The van der Waals surface area contributed by atoms with Crippen LogP contribution < -0.4 is 5.32 Å². The molecule has 1 aromatic carbocycles. The van der Waals surface area contributed by atoms with Crippen molar-refractivity contribution in [2.75, 3.05) is 26.7 Å². The van der Waals surface area contributed by atoms with Crippen molar-refractivity contribution in [3.8, 4) is 0 Å². The van der Waals surface area contributed by atoms with Crippen LogP contribution in [0, 0.1) is 12.8 Å². The number of nitrogens with zero attached hydrogens (tertiary/aromatic N) is 1. The van der Waals surface area contributed by atoms with E-state index in [1.807, 2.05) is 31.2 Å². The van der Waals surface area contributed by atoms with E-state index in [1.165, 1.54) is 18.4 Å². The van der Waals surface area contributed by atoms with Gasteiger partial charge in [-0.05, 0) is 64.2 Å². The molecule has 0 saturated carbocycles. The molecule has 1 aliphatic heterocycles. The molecule has 23 heavy (non-hydrogen) atoms. The Hall–Kier alpha value is -1.39. The van der Waals surface area contributed by atoms with E-state index < -0.39 is 0 Å². The van der Waals surface area contributed by atoms with Gasteiger partial charge in [0.25, 0.3) is 0 Å². The van der Waals surface area contributed by atoms with Gasteiger partial charge in [0, 0.05) is 13.0 Å². The second-order valence-corrected chi connectivity index (χ2v) is 6.83. The van der Waals surface area contributed by atoms with Crippen LogP contribution >= 0.6 is 0 Å². The number of carbonyl (C=O) groups is 1. The predicted molar refractivity (Wildman–Crippen MR) is 93.2 cm³/mol. The standard InChI is InChI=1S/C19H30N2O2/c1-15-3-6-17(7-4-15)18(11-14-22)20-19(23)8-5-16-9-12-21(2)13-10-16/h3-4,6-7,16,18,22H,5,8-14H2,1-2H3,(H,20,23). The van der Waals surface area contributed by atoms with Crippen LogP contribution in [0.15, 0.2) is 24.3 Å². The first-order valence-corrected chi connectivity index (χ1v) is 8.74. The van der Waals surface area contributed by atoms with Crippen molar-refractivity contribution in [1.82, 2.24) is 10.2 Å². The van der Waals surface area contributed by atoms with Crippen LogP contribution in [0.1, 0.15) is 49.3 Å². The maximum absolute atomic E-state index is 12.3. The molecule has 0 aliphatic carbocycles. The molecule has 1 aliphatic rings. The van der Waals surface area contributed by atoms with Gasteiger partial charge < -0.3 is 15.3 Å². The molecular formula is C19H30N2O2.